The van der Waals surface area contributed by atoms with Crippen molar-refractivity contribution in [3.05, 3.63) is 96.1 Å². The second-order valence-electron chi connectivity index (χ2n) is 8.90. The van der Waals surface area contributed by atoms with Crippen LogP contribution in [0.5, 0.6) is 0 Å². The van der Waals surface area contributed by atoms with E-state index in [4.69, 9.17) is 9.05 Å². The molecule has 3 aromatic carbocycles. The van der Waals surface area contributed by atoms with Gasteiger partial charge in [-0.2, -0.15) is 8.42 Å². The Kier molecular flexibility index (Phi) is 6.78. The number of anilines is 1. The fourth-order valence-corrected chi connectivity index (χ4v) is 6.53. The Hall–Kier alpha value is -2.77. The summed E-state index contributed by atoms with van der Waals surface area (Å²) in [7, 11) is -8.15. The zero-order chi connectivity index (χ0) is 24.4. The molecule has 0 saturated carbocycles. The predicted molar refractivity (Wildman–Crippen MR) is 134 cm³/mol. The van der Waals surface area contributed by atoms with Crippen LogP contribution in [0, 0.1) is 12.3 Å². The quantitative estimate of drug-likeness (QED) is 0.250. The largest absolute Gasteiger partial charge is 0.441 e. The molecule has 1 aliphatic rings. The second kappa shape index (κ2) is 9.47. The average molecular weight is 499 g/mol. The Morgan fingerprint density at radius 3 is 1.97 bits per heavy atom. The molecule has 3 aromatic rings. The first kappa shape index (κ1) is 24.4. The van der Waals surface area contributed by atoms with Gasteiger partial charge in [0, 0.05) is 11.0 Å². The smallest absolute Gasteiger partial charge is 0.291 e. The van der Waals surface area contributed by atoms with Crippen LogP contribution in [0.25, 0.3) is 0 Å². The molecule has 7 nitrogen and oxygen atoms in total. The first-order valence-electron chi connectivity index (χ1n) is 10.8. The highest BCUT2D eigenvalue weighted by Gasteiger charge is 2.45. The van der Waals surface area contributed by atoms with Crippen LogP contribution in [-0.2, 0) is 23.6 Å². The van der Waals surface area contributed by atoms with Crippen LogP contribution in [-0.4, -0.2) is 27.5 Å². The minimum atomic E-state index is -4.15. The number of aryl methyl sites for hydroxylation is 1. The molecule has 0 unspecified atom stereocenters. The molecule has 9 heteroatoms. The summed E-state index contributed by atoms with van der Waals surface area (Å²) in [4.78, 5) is 0.0319. The first-order valence-corrected chi connectivity index (χ1v) is 13.8. The van der Waals surface area contributed by atoms with E-state index in [9.17, 15) is 13.0 Å². The van der Waals surface area contributed by atoms with Gasteiger partial charge in [-0.3, -0.25) is 9.05 Å². The van der Waals surface area contributed by atoms with E-state index in [1.165, 1.54) is 16.8 Å². The highest BCUT2D eigenvalue weighted by Crippen LogP contribution is 2.58. The van der Waals surface area contributed by atoms with Crippen molar-refractivity contribution in [2.75, 3.05) is 17.9 Å². The van der Waals surface area contributed by atoms with E-state index in [1.807, 2.05) is 26.8 Å². The molecule has 4 rings (SSSR count). The van der Waals surface area contributed by atoms with Crippen molar-refractivity contribution >= 4 is 29.3 Å². The summed E-state index contributed by atoms with van der Waals surface area (Å²) in [5, 5.41) is 0. The second-order valence-corrected chi connectivity index (χ2v) is 12.4. The highest BCUT2D eigenvalue weighted by atomic mass is 32.2. The lowest BCUT2D eigenvalue weighted by Crippen LogP contribution is -2.38. The van der Waals surface area contributed by atoms with Gasteiger partial charge in [0.2, 0.25) is 0 Å². The van der Waals surface area contributed by atoms with Crippen LogP contribution < -0.4 is 4.67 Å². The topological polar surface area (TPSA) is 85.3 Å². The minimum Gasteiger partial charge on any atom is -0.291 e. The number of hydrogen-bond acceptors (Lipinski definition) is 5. The molecular formula is C25H27N2O5PS. The number of rotatable bonds is 5. The zero-order valence-corrected chi connectivity index (χ0v) is 21.0. The molecule has 0 amide bonds. The summed E-state index contributed by atoms with van der Waals surface area (Å²) in [6.07, 6.45) is 0. The maximum Gasteiger partial charge on any atom is 0.441 e. The van der Waals surface area contributed by atoms with Gasteiger partial charge in [-0.15, -0.1) is 4.40 Å². The van der Waals surface area contributed by atoms with Crippen LogP contribution in [0.1, 0.15) is 25.0 Å². The summed E-state index contributed by atoms with van der Waals surface area (Å²) < 4.78 is 58.0. The summed E-state index contributed by atoms with van der Waals surface area (Å²) >= 11 is 0. The molecule has 1 saturated heterocycles. The summed E-state index contributed by atoms with van der Waals surface area (Å²) in [5.74, 6) is -0.0459. The van der Waals surface area contributed by atoms with E-state index >= 15 is 0 Å². The molecule has 0 atom stereocenters. The molecule has 0 aromatic heterocycles. The number of sulfonamides is 1. The van der Waals surface area contributed by atoms with Crippen molar-refractivity contribution in [2.24, 2.45) is 9.81 Å². The van der Waals surface area contributed by atoms with E-state index in [0.717, 1.165) is 5.56 Å². The third-order valence-electron chi connectivity index (χ3n) is 5.24. The molecule has 0 aliphatic carbocycles. The summed E-state index contributed by atoms with van der Waals surface area (Å²) in [5.41, 5.74) is 1.48. The third kappa shape index (κ3) is 5.31. The van der Waals surface area contributed by atoms with Crippen molar-refractivity contribution in [1.29, 1.82) is 0 Å². The van der Waals surface area contributed by atoms with Crippen molar-refractivity contribution in [3.63, 3.8) is 0 Å². The Morgan fingerprint density at radius 2 is 1.41 bits per heavy atom. The van der Waals surface area contributed by atoms with E-state index in [2.05, 4.69) is 4.40 Å². The van der Waals surface area contributed by atoms with Crippen molar-refractivity contribution in [2.45, 2.75) is 25.7 Å². The van der Waals surface area contributed by atoms with Crippen molar-refractivity contribution < 1.29 is 22.0 Å². The van der Waals surface area contributed by atoms with Gasteiger partial charge >= 0.3 is 7.75 Å². The standard InChI is InChI=1S/C25H27N2O5PS/c1-20-14-16-23(17-15-20)34(29,30)26-24(21-10-6-4-7-11-21)27(22-12-8-5-9-13-22)33(28)31-18-25(2,3)19-32-33/h4-17H,18-19H2,1-3H3/b26-24+. The lowest BCUT2D eigenvalue weighted by Gasteiger charge is -2.39. The fourth-order valence-electron chi connectivity index (χ4n) is 3.33. The van der Waals surface area contributed by atoms with Crippen molar-refractivity contribution in [1.82, 2.24) is 0 Å². The van der Waals surface area contributed by atoms with Gasteiger partial charge < -0.3 is 0 Å². The zero-order valence-electron chi connectivity index (χ0n) is 19.3. The molecule has 178 valence electrons. The van der Waals surface area contributed by atoms with Crippen molar-refractivity contribution in [3.8, 4) is 0 Å². The highest BCUT2D eigenvalue weighted by molar-refractivity contribution is 7.90. The Morgan fingerprint density at radius 1 is 0.882 bits per heavy atom. The molecule has 0 radical (unpaired) electrons. The van der Waals surface area contributed by atoms with E-state index in [1.54, 1.807) is 66.7 Å². The number of para-hydroxylation sites is 1. The van der Waals surface area contributed by atoms with Crippen LogP contribution in [0.4, 0.5) is 5.69 Å². The lowest BCUT2D eigenvalue weighted by atomic mass is 9.97. The van der Waals surface area contributed by atoms with Gasteiger partial charge in [-0.1, -0.05) is 80.1 Å². The summed E-state index contributed by atoms with van der Waals surface area (Å²) in [6.45, 7) is 6.12. The number of nitrogens with zero attached hydrogens (tertiary/aromatic N) is 2. The van der Waals surface area contributed by atoms with Gasteiger partial charge in [0.05, 0.1) is 23.8 Å². The number of amidine groups is 1. The fraction of sp³-hybridized carbons (Fsp3) is 0.240. The Balaban J connectivity index is 1.92. The van der Waals surface area contributed by atoms with Crippen LogP contribution in [0.15, 0.2) is 94.2 Å². The number of benzene rings is 3. The molecular weight excluding hydrogens is 471 g/mol. The molecule has 0 spiro atoms. The summed E-state index contributed by atoms with van der Waals surface area (Å²) in [6, 6.07) is 23.9. The van der Waals surface area contributed by atoms with E-state index in [0.29, 0.717) is 11.3 Å². The molecule has 34 heavy (non-hydrogen) atoms. The maximum atomic E-state index is 14.1. The molecule has 1 aliphatic heterocycles. The van der Waals surface area contributed by atoms with E-state index in [-0.39, 0.29) is 29.4 Å². The first-order chi connectivity index (χ1) is 16.1. The van der Waals surface area contributed by atoms with Gasteiger partial charge in [-0.25, -0.2) is 9.24 Å². The lowest BCUT2D eigenvalue weighted by molar-refractivity contribution is 0.0418. The molecule has 1 fully saturated rings. The minimum absolute atomic E-state index is 0.0319. The SMILES string of the molecule is Cc1ccc(S(=O)(=O)/N=C(\c2ccccc2)N(c2ccccc2)P2(=O)OCC(C)(C)CO2)cc1. The van der Waals surface area contributed by atoms with Crippen LogP contribution in [0.3, 0.4) is 0 Å². The molecule has 0 bridgehead atoms. The molecule has 1 heterocycles. The van der Waals surface area contributed by atoms with Gasteiger partial charge in [0.1, 0.15) is 0 Å². The van der Waals surface area contributed by atoms with Gasteiger partial charge in [0.25, 0.3) is 10.0 Å². The van der Waals surface area contributed by atoms with E-state index < -0.39 is 17.8 Å². The van der Waals surface area contributed by atoms with Gasteiger partial charge in [-0.05, 0) is 31.2 Å². The average Bonchev–Trinajstić information content (AvgIpc) is 2.82. The molecule has 0 N–H and O–H groups in total. The monoisotopic (exact) mass is 498 g/mol. The van der Waals surface area contributed by atoms with Crippen LogP contribution >= 0.6 is 7.75 Å². The predicted octanol–water partition coefficient (Wildman–Crippen LogP) is 5.82. The third-order valence-corrected chi connectivity index (χ3v) is 8.34. The normalized spacial score (nSPS) is 17.8. The number of hydrogen-bond donors (Lipinski definition) is 0. The maximum absolute atomic E-state index is 14.1. The Bertz CT molecular complexity index is 1310. The Labute approximate surface area is 200 Å². The van der Waals surface area contributed by atoms with Crippen LogP contribution in [0.2, 0.25) is 0 Å². The van der Waals surface area contributed by atoms with Gasteiger partial charge in [0.15, 0.2) is 5.84 Å².